The van der Waals surface area contributed by atoms with Crippen molar-refractivity contribution >= 4 is 23.7 Å². The number of aliphatic carboxylic acids is 1. The van der Waals surface area contributed by atoms with Crippen LogP contribution in [0.3, 0.4) is 0 Å². The number of amides is 1. The third kappa shape index (κ3) is 3.76. The molecule has 1 atom stereocenters. The van der Waals surface area contributed by atoms with Crippen LogP contribution in [0.2, 0.25) is 5.02 Å². The van der Waals surface area contributed by atoms with Gasteiger partial charge in [0.15, 0.2) is 6.04 Å². The minimum Gasteiger partial charge on any atom is -0.479 e. The molecule has 6 heteroatoms. The fourth-order valence-corrected chi connectivity index (χ4v) is 1.88. The molecule has 5 nitrogen and oxygen atoms in total. The standard InChI is InChI=1S/C13H14ClNO4/c1-3-5-8-6-4-7-9(10(8)14)11(12(16)17)15-13(18)19-2/h6,11H,3,5H2,1-2H3,(H,15,18)(H,16,17). The first-order valence-corrected chi connectivity index (χ1v) is 6.07. The first-order valence-electron chi connectivity index (χ1n) is 5.69. The van der Waals surface area contributed by atoms with E-state index in [1.54, 1.807) is 6.07 Å². The second kappa shape index (κ2) is 6.86. The lowest BCUT2D eigenvalue weighted by Gasteiger charge is -2.14. The molecule has 0 aliphatic carbocycles. The van der Waals surface area contributed by atoms with E-state index >= 15 is 0 Å². The molecule has 1 unspecified atom stereocenters. The van der Waals surface area contributed by atoms with Crippen molar-refractivity contribution in [1.82, 2.24) is 5.32 Å². The molecule has 0 aliphatic heterocycles. The van der Waals surface area contributed by atoms with E-state index in [9.17, 15) is 9.59 Å². The minimum atomic E-state index is -1.31. The van der Waals surface area contributed by atoms with Crippen molar-refractivity contribution in [1.29, 1.82) is 0 Å². The molecule has 0 saturated carbocycles. The average molecular weight is 284 g/mol. The summed E-state index contributed by atoms with van der Waals surface area (Å²) in [5.74, 6) is -1.24. The van der Waals surface area contributed by atoms with Gasteiger partial charge in [-0.15, -0.1) is 0 Å². The Balaban J connectivity index is 3.12. The van der Waals surface area contributed by atoms with Gasteiger partial charge in [-0.1, -0.05) is 37.1 Å². The van der Waals surface area contributed by atoms with Crippen LogP contribution in [0.25, 0.3) is 0 Å². The van der Waals surface area contributed by atoms with Gasteiger partial charge in [-0.05, 0) is 18.1 Å². The summed E-state index contributed by atoms with van der Waals surface area (Å²) in [7, 11) is 1.15. The normalized spacial score (nSPS) is 11.3. The van der Waals surface area contributed by atoms with Crippen LogP contribution in [0.4, 0.5) is 4.79 Å². The van der Waals surface area contributed by atoms with Crippen molar-refractivity contribution < 1.29 is 19.4 Å². The van der Waals surface area contributed by atoms with Gasteiger partial charge in [0.1, 0.15) is 0 Å². The highest BCUT2D eigenvalue weighted by Crippen LogP contribution is 2.25. The summed E-state index contributed by atoms with van der Waals surface area (Å²) in [5.41, 5.74) is 0.946. The van der Waals surface area contributed by atoms with E-state index < -0.39 is 18.1 Å². The molecule has 0 bridgehead atoms. The second-order valence-corrected chi connectivity index (χ2v) is 4.20. The topological polar surface area (TPSA) is 75.6 Å². The highest BCUT2D eigenvalue weighted by molar-refractivity contribution is 6.32. The number of hydrogen-bond acceptors (Lipinski definition) is 3. The van der Waals surface area contributed by atoms with Crippen molar-refractivity contribution in [3.63, 3.8) is 0 Å². The quantitative estimate of drug-likeness (QED) is 0.870. The van der Waals surface area contributed by atoms with Crippen LogP contribution < -0.4 is 5.32 Å². The lowest BCUT2D eigenvalue weighted by molar-refractivity contribution is -0.139. The molecule has 1 aromatic carbocycles. The molecule has 0 heterocycles. The van der Waals surface area contributed by atoms with Crippen LogP contribution in [0.5, 0.6) is 0 Å². The largest absolute Gasteiger partial charge is 0.479 e. The fraction of sp³-hybridized carbons (Fsp3) is 0.385. The predicted molar refractivity (Wildman–Crippen MR) is 69.0 cm³/mol. The maximum atomic E-state index is 11.2. The maximum absolute atomic E-state index is 11.2. The number of carbonyl (C=O) groups is 2. The van der Waals surface area contributed by atoms with Gasteiger partial charge < -0.3 is 15.2 Å². The second-order valence-electron chi connectivity index (χ2n) is 3.82. The Morgan fingerprint density at radius 3 is 2.79 bits per heavy atom. The Kier molecular flexibility index (Phi) is 5.46. The van der Waals surface area contributed by atoms with Gasteiger partial charge in [0.05, 0.1) is 17.7 Å². The average Bonchev–Trinajstić information content (AvgIpc) is 2.38. The van der Waals surface area contributed by atoms with Crippen LogP contribution in [-0.4, -0.2) is 24.3 Å². The number of carbonyl (C=O) groups excluding carboxylic acids is 1. The Bertz CT molecular complexity index is 476. The monoisotopic (exact) mass is 283 g/mol. The summed E-state index contributed by atoms with van der Waals surface area (Å²) in [5, 5.41) is 11.6. The van der Waals surface area contributed by atoms with E-state index in [1.807, 2.05) is 6.92 Å². The van der Waals surface area contributed by atoms with Crippen molar-refractivity contribution in [2.24, 2.45) is 0 Å². The number of methoxy groups -OCH3 is 1. The number of halogens is 1. The molecule has 1 rings (SSSR count). The summed E-state index contributed by atoms with van der Waals surface area (Å²) in [6.45, 7) is 1.98. The van der Waals surface area contributed by atoms with Crippen LogP contribution >= 0.6 is 11.6 Å². The number of carboxylic acids is 1. The summed E-state index contributed by atoms with van der Waals surface area (Å²) in [4.78, 5) is 22.4. The molecule has 102 valence electrons. The van der Waals surface area contributed by atoms with Crippen molar-refractivity contribution in [2.75, 3.05) is 7.11 Å². The van der Waals surface area contributed by atoms with E-state index in [0.717, 1.165) is 19.1 Å². The van der Waals surface area contributed by atoms with E-state index in [0.29, 0.717) is 6.42 Å². The number of rotatable bonds is 5. The Hall–Kier alpha value is -1.93. The third-order valence-corrected chi connectivity index (χ3v) is 2.92. The first kappa shape index (κ1) is 15.1. The molecule has 0 aromatic heterocycles. The van der Waals surface area contributed by atoms with Gasteiger partial charge >= 0.3 is 12.1 Å². The van der Waals surface area contributed by atoms with Crippen LogP contribution in [-0.2, 0) is 16.0 Å². The highest BCUT2D eigenvalue weighted by atomic mass is 35.5. The van der Waals surface area contributed by atoms with E-state index in [4.69, 9.17) is 16.7 Å². The van der Waals surface area contributed by atoms with E-state index in [2.05, 4.69) is 22.2 Å². The smallest absolute Gasteiger partial charge is 0.407 e. The number of alkyl carbamates (subject to hydrolysis) is 1. The van der Waals surface area contributed by atoms with Gasteiger partial charge in [-0.3, -0.25) is 0 Å². The molecular formula is C13H14ClNO4. The maximum Gasteiger partial charge on any atom is 0.407 e. The molecule has 19 heavy (non-hydrogen) atoms. The highest BCUT2D eigenvalue weighted by Gasteiger charge is 2.25. The number of carboxylic acid groups (broad SMARTS) is 1. The molecule has 0 radical (unpaired) electrons. The molecule has 1 aromatic rings. The number of ether oxygens (including phenoxy) is 1. The zero-order valence-corrected chi connectivity index (χ0v) is 11.4. The number of hydrogen-bond donors (Lipinski definition) is 2. The zero-order valence-electron chi connectivity index (χ0n) is 10.6. The van der Waals surface area contributed by atoms with Gasteiger partial charge in [0, 0.05) is 0 Å². The van der Waals surface area contributed by atoms with Gasteiger partial charge in [0.2, 0.25) is 0 Å². The summed E-state index contributed by atoms with van der Waals surface area (Å²) >= 11 is 6.15. The molecule has 0 aliphatic rings. The summed E-state index contributed by atoms with van der Waals surface area (Å²) in [6, 6.07) is 5.70. The molecule has 0 spiro atoms. The van der Waals surface area contributed by atoms with Gasteiger partial charge in [0.25, 0.3) is 0 Å². The van der Waals surface area contributed by atoms with Crippen LogP contribution in [0.1, 0.15) is 30.5 Å². The lowest BCUT2D eigenvalue weighted by atomic mass is 10.0. The number of aryl methyl sites for hydroxylation is 1. The van der Waals surface area contributed by atoms with Crippen LogP contribution in [0.15, 0.2) is 6.07 Å². The number of nitrogens with one attached hydrogen (secondary N) is 1. The van der Waals surface area contributed by atoms with E-state index in [-0.39, 0.29) is 10.6 Å². The Morgan fingerprint density at radius 2 is 2.26 bits per heavy atom. The molecule has 0 fully saturated rings. The minimum absolute atomic E-state index is 0.172. The predicted octanol–water partition coefficient (Wildman–Crippen LogP) is 2.37. The summed E-state index contributed by atoms with van der Waals surface area (Å²) in [6.07, 6.45) is 0.707. The van der Waals surface area contributed by atoms with Crippen molar-refractivity contribution in [3.05, 3.63) is 34.3 Å². The van der Waals surface area contributed by atoms with Gasteiger partial charge in [-0.2, -0.15) is 0 Å². The summed E-state index contributed by atoms with van der Waals surface area (Å²) < 4.78 is 4.39. The molecular weight excluding hydrogens is 270 g/mol. The molecule has 0 saturated heterocycles. The molecule has 2 N–H and O–H groups in total. The Morgan fingerprint density at radius 1 is 1.58 bits per heavy atom. The Labute approximate surface area is 116 Å². The van der Waals surface area contributed by atoms with Gasteiger partial charge in [-0.25, -0.2) is 9.59 Å². The fourth-order valence-electron chi connectivity index (χ4n) is 1.58. The van der Waals surface area contributed by atoms with Crippen molar-refractivity contribution in [3.8, 4) is 0 Å². The van der Waals surface area contributed by atoms with Crippen LogP contribution in [0, 0.1) is 12.1 Å². The SMILES string of the molecule is CCCc1cc#cc(C(NC(=O)OC)C(=O)O)c1Cl. The molecule has 1 amide bonds. The van der Waals surface area contributed by atoms with E-state index in [1.165, 1.54) is 0 Å². The van der Waals surface area contributed by atoms with Crippen molar-refractivity contribution in [2.45, 2.75) is 25.8 Å². The zero-order chi connectivity index (χ0) is 14.4. The third-order valence-electron chi connectivity index (χ3n) is 2.47. The lowest BCUT2D eigenvalue weighted by Crippen LogP contribution is -2.33. The first-order chi connectivity index (χ1) is 9.01.